The molecular formula is C12H20N4O. The highest BCUT2D eigenvalue weighted by Crippen LogP contribution is 2.15. The molecule has 1 saturated heterocycles. The van der Waals surface area contributed by atoms with Gasteiger partial charge in [-0.25, -0.2) is 4.98 Å². The molecule has 1 aromatic rings. The zero-order valence-corrected chi connectivity index (χ0v) is 10.2. The van der Waals surface area contributed by atoms with Gasteiger partial charge in [0.1, 0.15) is 0 Å². The summed E-state index contributed by atoms with van der Waals surface area (Å²) in [5.74, 6) is 0.367. The molecule has 0 bridgehead atoms. The average Bonchev–Trinajstić information content (AvgIpc) is 2.82. The number of aromatic nitrogens is 2. The van der Waals surface area contributed by atoms with Gasteiger partial charge in [-0.3, -0.25) is 4.79 Å². The van der Waals surface area contributed by atoms with E-state index in [-0.39, 0.29) is 11.8 Å². The molecule has 0 saturated carbocycles. The second-order valence-corrected chi connectivity index (χ2v) is 4.69. The standard InChI is InChI=1S/C12H20N4O/c1-9-6-10(2-4-14-9)12(17)15-5-3-11-7-13-8-16-11/h7-10,14H,2-6H2,1H3,(H,13,16)(H,15,17). The molecular weight excluding hydrogens is 216 g/mol. The van der Waals surface area contributed by atoms with Crippen molar-refractivity contribution < 1.29 is 4.79 Å². The third-order valence-corrected chi connectivity index (χ3v) is 3.24. The minimum absolute atomic E-state index is 0.174. The van der Waals surface area contributed by atoms with Gasteiger partial charge in [0.15, 0.2) is 0 Å². The number of nitrogens with zero attached hydrogens (tertiary/aromatic N) is 1. The molecule has 5 nitrogen and oxygen atoms in total. The molecule has 2 atom stereocenters. The lowest BCUT2D eigenvalue weighted by molar-refractivity contribution is -0.126. The van der Waals surface area contributed by atoms with Gasteiger partial charge < -0.3 is 15.6 Å². The van der Waals surface area contributed by atoms with Crippen molar-refractivity contribution in [2.45, 2.75) is 32.2 Å². The molecule has 5 heteroatoms. The maximum absolute atomic E-state index is 11.9. The molecule has 2 heterocycles. The van der Waals surface area contributed by atoms with Crippen LogP contribution in [-0.2, 0) is 11.2 Å². The van der Waals surface area contributed by atoms with E-state index in [2.05, 4.69) is 27.5 Å². The Bertz CT molecular complexity index is 349. The monoisotopic (exact) mass is 236 g/mol. The first-order valence-corrected chi connectivity index (χ1v) is 6.24. The molecule has 0 aliphatic carbocycles. The average molecular weight is 236 g/mol. The molecule has 0 aromatic carbocycles. The Hall–Kier alpha value is -1.36. The Morgan fingerprint density at radius 3 is 3.24 bits per heavy atom. The SMILES string of the molecule is CC1CC(C(=O)NCCc2cnc[nH]2)CCN1. The smallest absolute Gasteiger partial charge is 0.223 e. The molecule has 1 aromatic heterocycles. The number of imidazole rings is 1. The fraction of sp³-hybridized carbons (Fsp3) is 0.667. The lowest BCUT2D eigenvalue weighted by Crippen LogP contribution is -2.42. The van der Waals surface area contributed by atoms with Crippen LogP contribution in [0.2, 0.25) is 0 Å². The van der Waals surface area contributed by atoms with E-state index >= 15 is 0 Å². The van der Waals surface area contributed by atoms with Crippen LogP contribution in [-0.4, -0.2) is 35.0 Å². The van der Waals surface area contributed by atoms with Crippen LogP contribution in [0.1, 0.15) is 25.5 Å². The molecule has 1 aliphatic heterocycles. The maximum Gasteiger partial charge on any atom is 0.223 e. The lowest BCUT2D eigenvalue weighted by atomic mass is 9.92. The van der Waals surface area contributed by atoms with Gasteiger partial charge in [0.25, 0.3) is 0 Å². The molecule has 1 amide bonds. The van der Waals surface area contributed by atoms with Gasteiger partial charge in [0.05, 0.1) is 6.33 Å². The molecule has 0 radical (unpaired) electrons. The number of rotatable bonds is 4. The topological polar surface area (TPSA) is 69.8 Å². The molecule has 17 heavy (non-hydrogen) atoms. The summed E-state index contributed by atoms with van der Waals surface area (Å²) >= 11 is 0. The van der Waals surface area contributed by atoms with Gasteiger partial charge in [-0.15, -0.1) is 0 Å². The Labute approximate surface area is 101 Å². The van der Waals surface area contributed by atoms with E-state index in [0.717, 1.165) is 31.5 Å². The van der Waals surface area contributed by atoms with Crippen LogP contribution >= 0.6 is 0 Å². The van der Waals surface area contributed by atoms with E-state index in [4.69, 9.17) is 0 Å². The lowest BCUT2D eigenvalue weighted by Gasteiger charge is -2.27. The number of hydrogen-bond donors (Lipinski definition) is 3. The summed E-state index contributed by atoms with van der Waals surface area (Å²) in [6.45, 7) is 3.75. The Kier molecular flexibility index (Phi) is 4.14. The van der Waals surface area contributed by atoms with E-state index in [1.807, 2.05) is 0 Å². The number of hydrogen-bond acceptors (Lipinski definition) is 3. The highest BCUT2D eigenvalue weighted by molar-refractivity contribution is 5.78. The Balaban J connectivity index is 1.70. The number of piperidine rings is 1. The van der Waals surface area contributed by atoms with Crippen LogP contribution < -0.4 is 10.6 Å². The predicted octanol–water partition coefficient (Wildman–Crippen LogP) is 0.456. The normalized spacial score (nSPS) is 24.5. The van der Waals surface area contributed by atoms with E-state index in [1.54, 1.807) is 12.5 Å². The van der Waals surface area contributed by atoms with Gasteiger partial charge in [0.2, 0.25) is 5.91 Å². The van der Waals surface area contributed by atoms with E-state index in [9.17, 15) is 4.79 Å². The summed E-state index contributed by atoms with van der Waals surface area (Å²) in [5.41, 5.74) is 1.06. The Morgan fingerprint density at radius 1 is 1.65 bits per heavy atom. The molecule has 2 rings (SSSR count). The molecule has 1 fully saturated rings. The number of H-pyrrole nitrogens is 1. The predicted molar refractivity (Wildman–Crippen MR) is 65.5 cm³/mol. The van der Waals surface area contributed by atoms with Crippen LogP contribution in [0, 0.1) is 5.92 Å². The Morgan fingerprint density at radius 2 is 2.53 bits per heavy atom. The number of aromatic amines is 1. The van der Waals surface area contributed by atoms with Crippen molar-refractivity contribution in [2.75, 3.05) is 13.1 Å². The largest absolute Gasteiger partial charge is 0.355 e. The number of amides is 1. The van der Waals surface area contributed by atoms with Gasteiger partial charge in [-0.05, 0) is 26.3 Å². The van der Waals surface area contributed by atoms with Crippen molar-refractivity contribution in [2.24, 2.45) is 5.92 Å². The second kappa shape index (κ2) is 5.82. The second-order valence-electron chi connectivity index (χ2n) is 4.69. The van der Waals surface area contributed by atoms with E-state index < -0.39 is 0 Å². The van der Waals surface area contributed by atoms with Gasteiger partial charge in [-0.2, -0.15) is 0 Å². The highest BCUT2D eigenvalue weighted by Gasteiger charge is 2.24. The van der Waals surface area contributed by atoms with Crippen LogP contribution in [0.15, 0.2) is 12.5 Å². The van der Waals surface area contributed by atoms with Gasteiger partial charge >= 0.3 is 0 Å². The van der Waals surface area contributed by atoms with Crippen molar-refractivity contribution in [1.82, 2.24) is 20.6 Å². The fourth-order valence-electron chi connectivity index (χ4n) is 2.26. The van der Waals surface area contributed by atoms with Gasteiger partial charge in [0, 0.05) is 36.8 Å². The van der Waals surface area contributed by atoms with Crippen molar-refractivity contribution in [3.05, 3.63) is 18.2 Å². The quantitative estimate of drug-likeness (QED) is 0.711. The van der Waals surface area contributed by atoms with E-state index in [0.29, 0.717) is 12.6 Å². The van der Waals surface area contributed by atoms with Crippen molar-refractivity contribution in [3.8, 4) is 0 Å². The van der Waals surface area contributed by atoms with Crippen LogP contribution in [0.25, 0.3) is 0 Å². The molecule has 2 unspecified atom stereocenters. The highest BCUT2D eigenvalue weighted by atomic mass is 16.1. The van der Waals surface area contributed by atoms with Crippen molar-refractivity contribution in [3.63, 3.8) is 0 Å². The molecule has 94 valence electrons. The van der Waals surface area contributed by atoms with Crippen molar-refractivity contribution >= 4 is 5.91 Å². The number of carbonyl (C=O) groups is 1. The van der Waals surface area contributed by atoms with Crippen LogP contribution in [0.3, 0.4) is 0 Å². The minimum Gasteiger partial charge on any atom is -0.355 e. The molecule has 3 N–H and O–H groups in total. The number of carbonyl (C=O) groups excluding carboxylic acids is 1. The summed E-state index contributed by atoms with van der Waals surface area (Å²) < 4.78 is 0. The van der Waals surface area contributed by atoms with E-state index in [1.165, 1.54) is 0 Å². The van der Waals surface area contributed by atoms with Crippen molar-refractivity contribution in [1.29, 1.82) is 0 Å². The van der Waals surface area contributed by atoms with Crippen LogP contribution in [0.5, 0.6) is 0 Å². The summed E-state index contributed by atoms with van der Waals surface area (Å²) in [7, 11) is 0. The first-order valence-electron chi connectivity index (χ1n) is 6.24. The fourth-order valence-corrected chi connectivity index (χ4v) is 2.26. The first kappa shape index (κ1) is 12.1. The van der Waals surface area contributed by atoms with Crippen LogP contribution in [0.4, 0.5) is 0 Å². The van der Waals surface area contributed by atoms with Gasteiger partial charge in [-0.1, -0.05) is 0 Å². The minimum atomic E-state index is 0.174. The summed E-state index contributed by atoms with van der Waals surface area (Å²) in [6.07, 6.45) is 6.15. The molecule has 0 spiro atoms. The number of nitrogens with one attached hydrogen (secondary N) is 3. The summed E-state index contributed by atoms with van der Waals surface area (Å²) in [5, 5.41) is 6.35. The third kappa shape index (κ3) is 3.56. The zero-order chi connectivity index (χ0) is 12.1. The molecule has 1 aliphatic rings. The third-order valence-electron chi connectivity index (χ3n) is 3.24. The summed E-state index contributed by atoms with van der Waals surface area (Å²) in [4.78, 5) is 18.9. The maximum atomic E-state index is 11.9. The zero-order valence-electron chi connectivity index (χ0n) is 10.2. The first-order chi connectivity index (χ1) is 8.25. The summed E-state index contributed by atoms with van der Waals surface area (Å²) in [6, 6.07) is 0.451.